The smallest absolute Gasteiger partial charge is 0.243 e. The Labute approximate surface area is 128 Å². The first-order valence-electron chi connectivity index (χ1n) is 7.29. The maximum Gasteiger partial charge on any atom is 0.243 e. The van der Waals surface area contributed by atoms with Crippen LogP contribution in [0.4, 0.5) is 0 Å². The first kappa shape index (κ1) is 17.9. The zero-order valence-electron chi connectivity index (χ0n) is 13.5. The van der Waals surface area contributed by atoms with Crippen LogP contribution in [-0.4, -0.2) is 39.0 Å². The molecular weight excluding hydrogens is 288 g/mol. The third-order valence-electron chi connectivity index (χ3n) is 3.30. The molecule has 0 aliphatic rings. The Morgan fingerprint density at radius 3 is 2.48 bits per heavy atom. The molecule has 0 fully saturated rings. The number of nitrogens with zero attached hydrogens (tertiary/aromatic N) is 1. The highest BCUT2D eigenvalue weighted by Gasteiger charge is 2.24. The van der Waals surface area contributed by atoms with Gasteiger partial charge in [-0.2, -0.15) is 4.31 Å². The summed E-state index contributed by atoms with van der Waals surface area (Å²) in [6, 6.07) is 4.95. The highest BCUT2D eigenvalue weighted by atomic mass is 32.2. The Balaban J connectivity index is 3.20. The van der Waals surface area contributed by atoms with Crippen LogP contribution >= 0.6 is 0 Å². The number of sulfonamides is 1. The number of rotatable bonds is 8. The molecule has 0 unspecified atom stereocenters. The lowest BCUT2D eigenvalue weighted by Crippen LogP contribution is -2.33. The van der Waals surface area contributed by atoms with Gasteiger partial charge in [0.2, 0.25) is 10.0 Å². The average Bonchev–Trinajstić information content (AvgIpc) is 2.45. The van der Waals surface area contributed by atoms with Crippen LogP contribution in [-0.2, 0) is 16.6 Å². The van der Waals surface area contributed by atoms with Crippen LogP contribution in [0.25, 0.3) is 0 Å². The average molecular weight is 314 g/mol. The number of hydrogen-bond acceptors (Lipinski definition) is 4. The standard InChI is InChI=1S/C15H26N2O3S/c1-6-16-11-13-10-14(8-9-15(13)20-7-2)21(18,19)17(5)12(3)4/h8-10,12,16H,6-7,11H2,1-5H3. The summed E-state index contributed by atoms with van der Waals surface area (Å²) >= 11 is 0. The van der Waals surface area contributed by atoms with Crippen molar-refractivity contribution in [2.75, 3.05) is 20.2 Å². The number of nitrogens with one attached hydrogen (secondary N) is 1. The van der Waals surface area contributed by atoms with E-state index in [0.29, 0.717) is 18.0 Å². The highest BCUT2D eigenvalue weighted by Crippen LogP contribution is 2.25. The molecule has 1 aromatic carbocycles. The molecule has 21 heavy (non-hydrogen) atoms. The summed E-state index contributed by atoms with van der Waals surface area (Å²) in [5.41, 5.74) is 0.858. The summed E-state index contributed by atoms with van der Waals surface area (Å²) in [7, 11) is -1.87. The lowest BCUT2D eigenvalue weighted by Gasteiger charge is -2.22. The molecule has 0 aliphatic carbocycles. The Morgan fingerprint density at radius 2 is 1.95 bits per heavy atom. The molecule has 1 rings (SSSR count). The molecular formula is C15H26N2O3S. The Bertz CT molecular complexity index is 556. The summed E-state index contributed by atoms with van der Waals surface area (Å²) in [6.07, 6.45) is 0. The zero-order valence-corrected chi connectivity index (χ0v) is 14.3. The minimum Gasteiger partial charge on any atom is -0.494 e. The minimum absolute atomic E-state index is 0.0845. The number of benzene rings is 1. The van der Waals surface area contributed by atoms with Gasteiger partial charge in [-0.3, -0.25) is 0 Å². The normalized spacial score (nSPS) is 12.1. The van der Waals surface area contributed by atoms with Crippen LogP contribution in [0, 0.1) is 0 Å². The second-order valence-corrected chi connectivity index (χ2v) is 7.10. The van der Waals surface area contributed by atoms with E-state index >= 15 is 0 Å². The lowest BCUT2D eigenvalue weighted by molar-refractivity contribution is 0.335. The molecule has 0 atom stereocenters. The summed E-state index contributed by atoms with van der Waals surface area (Å²) in [4.78, 5) is 0.301. The van der Waals surface area contributed by atoms with E-state index < -0.39 is 10.0 Å². The van der Waals surface area contributed by atoms with Crippen molar-refractivity contribution in [1.82, 2.24) is 9.62 Å². The van der Waals surface area contributed by atoms with E-state index in [1.54, 1.807) is 25.2 Å². The predicted molar refractivity (Wildman–Crippen MR) is 85.1 cm³/mol. The van der Waals surface area contributed by atoms with Crippen molar-refractivity contribution < 1.29 is 13.2 Å². The van der Waals surface area contributed by atoms with Gasteiger partial charge in [0, 0.05) is 25.2 Å². The molecule has 0 aliphatic heterocycles. The Kier molecular flexibility index (Phi) is 6.64. The van der Waals surface area contributed by atoms with Crippen LogP contribution < -0.4 is 10.1 Å². The van der Waals surface area contributed by atoms with Crippen LogP contribution in [0.15, 0.2) is 23.1 Å². The van der Waals surface area contributed by atoms with Crippen LogP contribution in [0.2, 0.25) is 0 Å². The van der Waals surface area contributed by atoms with Gasteiger partial charge < -0.3 is 10.1 Å². The summed E-state index contributed by atoms with van der Waals surface area (Å²) in [5.74, 6) is 0.726. The van der Waals surface area contributed by atoms with E-state index in [4.69, 9.17) is 4.74 Å². The van der Waals surface area contributed by atoms with Crippen LogP contribution in [0.1, 0.15) is 33.3 Å². The first-order valence-corrected chi connectivity index (χ1v) is 8.73. The molecule has 6 heteroatoms. The third kappa shape index (κ3) is 4.43. The molecule has 0 heterocycles. The molecule has 120 valence electrons. The summed E-state index contributed by atoms with van der Waals surface area (Å²) in [5, 5.41) is 3.21. The monoisotopic (exact) mass is 314 g/mol. The van der Waals surface area contributed by atoms with E-state index in [1.807, 2.05) is 27.7 Å². The van der Waals surface area contributed by atoms with E-state index in [1.165, 1.54) is 4.31 Å². The zero-order chi connectivity index (χ0) is 16.0. The number of hydrogen-bond donors (Lipinski definition) is 1. The molecule has 0 saturated heterocycles. The molecule has 5 nitrogen and oxygen atoms in total. The maximum atomic E-state index is 12.5. The van der Waals surface area contributed by atoms with Gasteiger partial charge in [-0.05, 0) is 45.5 Å². The summed E-state index contributed by atoms with van der Waals surface area (Å²) < 4.78 is 32.0. The summed E-state index contributed by atoms with van der Waals surface area (Å²) in [6.45, 7) is 9.57. The predicted octanol–water partition coefficient (Wildman–Crippen LogP) is 2.22. The Hall–Kier alpha value is -1.11. The van der Waals surface area contributed by atoms with Gasteiger partial charge in [-0.15, -0.1) is 0 Å². The van der Waals surface area contributed by atoms with Gasteiger partial charge in [-0.25, -0.2) is 8.42 Å². The topological polar surface area (TPSA) is 58.6 Å². The van der Waals surface area contributed by atoms with Crippen molar-refractivity contribution in [2.45, 2.75) is 45.2 Å². The van der Waals surface area contributed by atoms with Gasteiger partial charge in [0.1, 0.15) is 5.75 Å². The van der Waals surface area contributed by atoms with Crippen molar-refractivity contribution in [3.05, 3.63) is 23.8 Å². The molecule has 0 aromatic heterocycles. The van der Waals surface area contributed by atoms with Gasteiger partial charge in [0.05, 0.1) is 11.5 Å². The van der Waals surface area contributed by atoms with Crippen molar-refractivity contribution in [3.8, 4) is 5.75 Å². The third-order valence-corrected chi connectivity index (χ3v) is 5.33. The SMILES string of the molecule is CCNCc1cc(S(=O)(=O)N(C)C(C)C)ccc1OCC. The van der Waals surface area contributed by atoms with E-state index in [-0.39, 0.29) is 6.04 Å². The van der Waals surface area contributed by atoms with Gasteiger partial charge >= 0.3 is 0 Å². The van der Waals surface area contributed by atoms with Crippen LogP contribution in [0.5, 0.6) is 5.75 Å². The second kappa shape index (κ2) is 7.77. The molecule has 0 amide bonds. The lowest BCUT2D eigenvalue weighted by atomic mass is 10.2. The Morgan fingerprint density at radius 1 is 1.29 bits per heavy atom. The molecule has 0 saturated carbocycles. The van der Waals surface area contributed by atoms with Crippen molar-refractivity contribution in [3.63, 3.8) is 0 Å². The fourth-order valence-electron chi connectivity index (χ4n) is 1.85. The molecule has 0 radical (unpaired) electrons. The van der Waals surface area contributed by atoms with Gasteiger partial charge in [0.25, 0.3) is 0 Å². The highest BCUT2D eigenvalue weighted by molar-refractivity contribution is 7.89. The van der Waals surface area contributed by atoms with E-state index in [0.717, 1.165) is 17.9 Å². The van der Waals surface area contributed by atoms with Crippen molar-refractivity contribution >= 4 is 10.0 Å². The molecule has 1 aromatic rings. The van der Waals surface area contributed by atoms with E-state index in [2.05, 4.69) is 5.32 Å². The van der Waals surface area contributed by atoms with Gasteiger partial charge in [-0.1, -0.05) is 6.92 Å². The van der Waals surface area contributed by atoms with E-state index in [9.17, 15) is 8.42 Å². The molecule has 0 bridgehead atoms. The fourth-order valence-corrected chi connectivity index (χ4v) is 3.27. The quantitative estimate of drug-likeness (QED) is 0.799. The maximum absolute atomic E-state index is 12.5. The van der Waals surface area contributed by atoms with Crippen molar-refractivity contribution in [2.24, 2.45) is 0 Å². The fraction of sp³-hybridized carbons (Fsp3) is 0.600. The number of ether oxygens (including phenoxy) is 1. The van der Waals surface area contributed by atoms with Crippen LogP contribution in [0.3, 0.4) is 0 Å². The largest absolute Gasteiger partial charge is 0.494 e. The first-order chi connectivity index (χ1) is 9.84. The second-order valence-electron chi connectivity index (χ2n) is 5.10. The van der Waals surface area contributed by atoms with Gasteiger partial charge in [0.15, 0.2) is 0 Å². The van der Waals surface area contributed by atoms with Crippen molar-refractivity contribution in [1.29, 1.82) is 0 Å². The minimum atomic E-state index is -3.47. The molecule has 0 spiro atoms. The molecule has 1 N–H and O–H groups in total.